The van der Waals surface area contributed by atoms with Gasteiger partial charge in [0.15, 0.2) is 22.9 Å². The third-order valence-electron chi connectivity index (χ3n) is 5.79. The smallest absolute Gasteiger partial charge is 0.242 e. The zero-order chi connectivity index (χ0) is 25.9. The van der Waals surface area contributed by atoms with Crippen LogP contribution in [0, 0.1) is 19.3 Å². The van der Waals surface area contributed by atoms with Gasteiger partial charge in [0.1, 0.15) is 6.54 Å². The quantitative estimate of drug-likeness (QED) is 0.334. The lowest BCUT2D eigenvalue weighted by Gasteiger charge is -2.25. The van der Waals surface area contributed by atoms with E-state index in [2.05, 4.69) is 10.2 Å². The summed E-state index contributed by atoms with van der Waals surface area (Å²) in [6, 6.07) is 3.45. The van der Waals surface area contributed by atoms with Crippen molar-refractivity contribution in [3.05, 3.63) is 40.0 Å². The molecule has 10 nitrogen and oxygen atoms in total. The third kappa shape index (κ3) is 5.32. The summed E-state index contributed by atoms with van der Waals surface area (Å²) in [5.41, 5.74) is 3.09. The number of carbonyl (C=O) groups is 1. The zero-order valence-electron chi connectivity index (χ0n) is 21.6. The molecule has 0 saturated heterocycles. The maximum absolute atomic E-state index is 13.4. The Kier molecular flexibility index (Phi) is 7.84. The molecule has 10 heteroatoms. The number of Topliss-reactive ketones (excluding diaryl/α,β-unsaturated/α-hetero) is 1. The number of nitrogens with zero attached hydrogens (tertiary/aromatic N) is 4. The van der Waals surface area contributed by atoms with E-state index in [0.29, 0.717) is 48.2 Å². The van der Waals surface area contributed by atoms with Crippen molar-refractivity contribution in [2.45, 2.75) is 59.9 Å². The van der Waals surface area contributed by atoms with E-state index in [9.17, 15) is 4.79 Å². The van der Waals surface area contributed by atoms with Crippen LogP contribution in [0.25, 0.3) is 5.65 Å². The average molecular weight is 486 g/mol. The van der Waals surface area contributed by atoms with Gasteiger partial charge in [0.05, 0.1) is 20.3 Å². The average Bonchev–Trinajstić information content (AvgIpc) is 3.11. The Morgan fingerprint density at radius 3 is 2.46 bits per heavy atom. The van der Waals surface area contributed by atoms with Crippen LogP contribution in [0.5, 0.6) is 17.4 Å². The number of carbonyl (C=O) groups excluding carboxylic acids is 1. The van der Waals surface area contributed by atoms with Crippen LogP contribution >= 0.6 is 0 Å². The highest BCUT2D eigenvalue weighted by Gasteiger charge is 2.25. The van der Waals surface area contributed by atoms with Gasteiger partial charge in [-0.05, 0) is 38.3 Å². The Hall–Kier alpha value is -3.40. The Morgan fingerprint density at radius 2 is 1.86 bits per heavy atom. The first kappa shape index (κ1) is 26.2. The number of aliphatic hydroxyl groups is 1. The van der Waals surface area contributed by atoms with Gasteiger partial charge in [-0.2, -0.15) is 4.52 Å². The van der Waals surface area contributed by atoms with E-state index in [0.717, 1.165) is 16.7 Å². The summed E-state index contributed by atoms with van der Waals surface area (Å²) < 4.78 is 19.8. The summed E-state index contributed by atoms with van der Waals surface area (Å²) in [4.78, 5) is 13.4. The fourth-order valence-electron chi connectivity index (χ4n) is 3.73. The molecule has 0 fully saturated rings. The first-order chi connectivity index (χ1) is 16.5. The number of aromatic nitrogens is 4. The topological polar surface area (TPSA) is 124 Å². The minimum atomic E-state index is -0.318. The summed E-state index contributed by atoms with van der Waals surface area (Å²) in [5.74, 6) is 1.22. The first-order valence-corrected chi connectivity index (χ1v) is 11.7. The van der Waals surface area contributed by atoms with Crippen LogP contribution in [0.3, 0.4) is 0 Å². The van der Waals surface area contributed by atoms with Gasteiger partial charge in [-0.15, -0.1) is 10.2 Å². The van der Waals surface area contributed by atoms with E-state index in [1.165, 1.54) is 9.20 Å². The van der Waals surface area contributed by atoms with E-state index < -0.39 is 0 Å². The number of methoxy groups -OCH3 is 1. The number of benzene rings is 1. The van der Waals surface area contributed by atoms with Crippen LogP contribution in [0.1, 0.15) is 61.2 Å². The summed E-state index contributed by atoms with van der Waals surface area (Å²) >= 11 is 0. The predicted octanol–water partition coefficient (Wildman–Crippen LogP) is 2.98. The van der Waals surface area contributed by atoms with Crippen molar-refractivity contribution < 1.29 is 24.1 Å². The predicted molar refractivity (Wildman–Crippen MR) is 131 cm³/mol. The van der Waals surface area contributed by atoms with Crippen LogP contribution in [-0.2, 0) is 12.0 Å². The molecular formula is C25H35N5O5. The van der Waals surface area contributed by atoms with Crippen molar-refractivity contribution in [2.75, 3.05) is 26.9 Å². The molecular weight excluding hydrogens is 450 g/mol. The van der Waals surface area contributed by atoms with Gasteiger partial charge in [0.25, 0.3) is 0 Å². The van der Waals surface area contributed by atoms with Crippen molar-refractivity contribution in [1.82, 2.24) is 19.4 Å². The van der Waals surface area contributed by atoms with Gasteiger partial charge in [-0.1, -0.05) is 20.8 Å². The fraction of sp³-hybridized carbons (Fsp3) is 0.520. The van der Waals surface area contributed by atoms with Crippen LogP contribution in [0.4, 0.5) is 0 Å². The highest BCUT2D eigenvalue weighted by atomic mass is 16.5. The molecule has 35 heavy (non-hydrogen) atoms. The van der Waals surface area contributed by atoms with Crippen LogP contribution in [0.15, 0.2) is 12.1 Å². The first-order valence-electron chi connectivity index (χ1n) is 11.7. The number of ether oxygens (including phenoxy) is 3. The molecule has 190 valence electrons. The molecule has 0 aliphatic carbocycles. The molecule has 0 saturated carbocycles. The number of rotatable bonds is 10. The van der Waals surface area contributed by atoms with Gasteiger partial charge in [-0.3, -0.25) is 10.2 Å². The molecule has 2 heterocycles. The minimum Gasteiger partial charge on any atom is -0.493 e. The second kappa shape index (κ2) is 10.5. The van der Waals surface area contributed by atoms with E-state index in [1.807, 2.05) is 41.5 Å². The molecule has 0 atom stereocenters. The van der Waals surface area contributed by atoms with E-state index >= 15 is 0 Å². The van der Waals surface area contributed by atoms with E-state index in [1.54, 1.807) is 19.2 Å². The number of aryl methyl sites for hydroxylation is 1. The highest BCUT2D eigenvalue weighted by Crippen LogP contribution is 2.40. The number of aliphatic hydroxyl groups excluding tert-OH is 1. The Labute approximate surface area is 205 Å². The number of ketones is 1. The maximum atomic E-state index is 13.4. The molecule has 3 aromatic rings. The summed E-state index contributed by atoms with van der Waals surface area (Å²) in [7, 11) is 1.57. The minimum absolute atomic E-state index is 0.00179. The standard InChI is InChI=1S/C25H35N5O5/c1-8-34-23-16(3)15(2)22-27-29(24(26)30(22)28-23)14-19(32)17-12-18(25(4,5)6)21(33-7)20(13-17)35-11-9-10-31/h12-13,26,31H,8-11,14H2,1-7H3. The molecule has 0 bridgehead atoms. The lowest BCUT2D eigenvalue weighted by atomic mass is 9.84. The Balaban J connectivity index is 2.04. The molecule has 0 radical (unpaired) electrons. The summed E-state index contributed by atoms with van der Waals surface area (Å²) in [6.07, 6.45) is 0.459. The monoisotopic (exact) mass is 485 g/mol. The lowest BCUT2D eigenvalue weighted by molar-refractivity contribution is 0.0964. The summed E-state index contributed by atoms with van der Waals surface area (Å²) in [6.45, 7) is 12.4. The second-order valence-electron chi connectivity index (χ2n) is 9.36. The second-order valence-corrected chi connectivity index (χ2v) is 9.36. The number of hydrogen-bond donors (Lipinski definition) is 2. The van der Waals surface area contributed by atoms with Gasteiger partial charge >= 0.3 is 0 Å². The molecule has 0 aliphatic rings. The molecule has 1 aromatic carbocycles. The molecule has 0 spiro atoms. The molecule has 0 aliphatic heterocycles. The van der Waals surface area contributed by atoms with Crippen molar-refractivity contribution >= 4 is 11.4 Å². The SMILES string of the molecule is CCOc1nn2c(=N)n(CC(=O)c3cc(OCCCO)c(OC)c(C(C)(C)C)c3)nc2c(C)c1C. The number of nitrogens with one attached hydrogen (secondary N) is 1. The van der Waals surface area contributed by atoms with Crippen LogP contribution in [-0.4, -0.2) is 57.2 Å². The van der Waals surface area contributed by atoms with Crippen LogP contribution < -0.4 is 19.8 Å². The van der Waals surface area contributed by atoms with Gasteiger partial charge in [0, 0.05) is 35.3 Å². The molecule has 0 unspecified atom stereocenters. The van der Waals surface area contributed by atoms with Crippen molar-refractivity contribution in [1.29, 1.82) is 5.41 Å². The largest absolute Gasteiger partial charge is 0.493 e. The van der Waals surface area contributed by atoms with E-state index in [4.69, 9.17) is 24.7 Å². The zero-order valence-corrected chi connectivity index (χ0v) is 21.6. The summed E-state index contributed by atoms with van der Waals surface area (Å²) in [5, 5.41) is 26.6. The maximum Gasteiger partial charge on any atom is 0.242 e. The molecule has 3 rings (SSSR count). The van der Waals surface area contributed by atoms with Crippen LogP contribution in [0.2, 0.25) is 0 Å². The van der Waals surface area contributed by atoms with E-state index in [-0.39, 0.29) is 30.0 Å². The lowest BCUT2D eigenvalue weighted by Crippen LogP contribution is -2.27. The van der Waals surface area contributed by atoms with Crippen molar-refractivity contribution in [2.24, 2.45) is 0 Å². The molecule has 2 N–H and O–H groups in total. The highest BCUT2D eigenvalue weighted by molar-refractivity contribution is 5.97. The van der Waals surface area contributed by atoms with Crippen molar-refractivity contribution in [3.8, 4) is 17.4 Å². The number of fused-ring (bicyclic) bond motifs is 1. The number of hydrogen-bond acceptors (Lipinski definition) is 8. The molecule has 2 aromatic heterocycles. The fourth-order valence-corrected chi connectivity index (χ4v) is 3.73. The Bertz CT molecular complexity index is 1290. The van der Waals surface area contributed by atoms with Crippen molar-refractivity contribution in [3.63, 3.8) is 0 Å². The van der Waals surface area contributed by atoms with Gasteiger partial charge in [0.2, 0.25) is 11.5 Å². The third-order valence-corrected chi connectivity index (χ3v) is 5.79. The van der Waals surface area contributed by atoms with Gasteiger partial charge < -0.3 is 19.3 Å². The Morgan fingerprint density at radius 1 is 1.14 bits per heavy atom. The van der Waals surface area contributed by atoms with Gasteiger partial charge in [-0.25, -0.2) is 4.68 Å². The molecule has 0 amide bonds. The normalized spacial score (nSPS) is 11.7.